The second kappa shape index (κ2) is 11.3. The molecule has 0 aliphatic carbocycles. The third kappa shape index (κ3) is 7.12. The van der Waals surface area contributed by atoms with Crippen molar-refractivity contribution in [2.24, 2.45) is 0 Å². The van der Waals surface area contributed by atoms with Crippen LogP contribution in [0.2, 0.25) is 0 Å². The van der Waals surface area contributed by atoms with E-state index in [1.807, 2.05) is 24.4 Å². The Hall–Kier alpha value is -1.58. The smallest absolute Gasteiger partial charge is 0.0824 e. The lowest BCUT2D eigenvalue weighted by atomic mass is 10.2. The maximum absolute atomic E-state index is 3.70. The summed E-state index contributed by atoms with van der Waals surface area (Å²) in [6, 6.07) is 0. The van der Waals surface area contributed by atoms with Gasteiger partial charge >= 0.3 is 0 Å². The summed E-state index contributed by atoms with van der Waals surface area (Å²) < 4.78 is 0. The van der Waals surface area contributed by atoms with Gasteiger partial charge in [-0.2, -0.15) is 0 Å². The Balaban J connectivity index is 2.55. The van der Waals surface area contributed by atoms with Crippen molar-refractivity contribution in [2.75, 3.05) is 26.2 Å². The molecule has 3 nitrogen and oxygen atoms in total. The van der Waals surface area contributed by atoms with Crippen molar-refractivity contribution < 1.29 is 0 Å². The lowest BCUT2D eigenvalue weighted by molar-refractivity contribution is 0.191. The molecule has 1 heterocycles. The van der Waals surface area contributed by atoms with E-state index in [0.717, 1.165) is 32.6 Å². The van der Waals surface area contributed by atoms with Crippen LogP contribution in [0.3, 0.4) is 0 Å². The molecule has 1 rings (SSSR count). The molecule has 0 saturated carbocycles. The molecule has 0 spiro atoms. The van der Waals surface area contributed by atoms with Gasteiger partial charge in [-0.15, -0.1) is 0 Å². The summed E-state index contributed by atoms with van der Waals surface area (Å²) in [6.45, 7) is 11.7. The van der Waals surface area contributed by atoms with Crippen molar-refractivity contribution in [1.82, 2.24) is 15.5 Å². The van der Waals surface area contributed by atoms with Gasteiger partial charge in [-0.3, -0.25) is 4.90 Å². The van der Waals surface area contributed by atoms with Crippen LogP contribution in [0.4, 0.5) is 0 Å². The van der Waals surface area contributed by atoms with E-state index in [0.29, 0.717) is 6.17 Å². The second-order valence-corrected chi connectivity index (χ2v) is 4.70. The van der Waals surface area contributed by atoms with Crippen LogP contribution in [0.5, 0.6) is 0 Å². The van der Waals surface area contributed by atoms with E-state index >= 15 is 0 Å². The van der Waals surface area contributed by atoms with Gasteiger partial charge in [0.1, 0.15) is 0 Å². The van der Waals surface area contributed by atoms with Crippen LogP contribution in [-0.2, 0) is 0 Å². The van der Waals surface area contributed by atoms with Crippen LogP contribution in [0.15, 0.2) is 61.9 Å². The van der Waals surface area contributed by atoms with E-state index < -0.39 is 0 Å². The number of hydrogen-bond donors (Lipinski definition) is 2. The number of nitrogens with one attached hydrogen (secondary N) is 2. The Bertz CT molecular complexity index is 347. The molecule has 1 atom stereocenters. The van der Waals surface area contributed by atoms with Gasteiger partial charge in [0.05, 0.1) is 6.17 Å². The predicted molar refractivity (Wildman–Crippen MR) is 88.4 cm³/mol. The molecular formula is C17H27N3. The number of hydrogen-bond acceptors (Lipinski definition) is 3. The van der Waals surface area contributed by atoms with Crippen molar-refractivity contribution >= 4 is 0 Å². The van der Waals surface area contributed by atoms with Crippen molar-refractivity contribution in [3.05, 3.63) is 61.9 Å². The summed E-state index contributed by atoms with van der Waals surface area (Å²) in [5.41, 5.74) is 0. The van der Waals surface area contributed by atoms with Gasteiger partial charge < -0.3 is 10.6 Å². The lowest BCUT2D eigenvalue weighted by Crippen LogP contribution is -2.45. The maximum Gasteiger partial charge on any atom is 0.0824 e. The summed E-state index contributed by atoms with van der Waals surface area (Å²) in [5, 5.41) is 6.90. The first-order valence-corrected chi connectivity index (χ1v) is 7.31. The molecule has 1 unspecified atom stereocenters. The monoisotopic (exact) mass is 273 g/mol. The van der Waals surface area contributed by atoms with Crippen LogP contribution >= 0.6 is 0 Å². The standard InChI is InChI=1S/C17H27N3/c1-3-5-7-8-9-11-17(19-13-6-4-2)20-15-10-12-18-14-16-20/h3-9,13,17-19H,1-2,10-12,14-16H2/b7-5-,9-8-,13-6-. The Kier molecular flexibility index (Phi) is 9.28. The molecule has 1 aliphatic heterocycles. The van der Waals surface area contributed by atoms with Crippen LogP contribution in [0, 0.1) is 0 Å². The minimum atomic E-state index is 0.333. The molecule has 0 aromatic heterocycles. The zero-order valence-electron chi connectivity index (χ0n) is 12.3. The number of allylic oxidation sites excluding steroid dienone is 6. The highest BCUT2D eigenvalue weighted by Gasteiger charge is 2.16. The van der Waals surface area contributed by atoms with Gasteiger partial charge in [-0.05, 0) is 31.7 Å². The van der Waals surface area contributed by atoms with E-state index in [-0.39, 0.29) is 0 Å². The number of rotatable bonds is 8. The second-order valence-electron chi connectivity index (χ2n) is 4.70. The molecule has 0 radical (unpaired) electrons. The number of nitrogens with zero attached hydrogens (tertiary/aromatic N) is 1. The average molecular weight is 273 g/mol. The van der Waals surface area contributed by atoms with Gasteiger partial charge in [-0.1, -0.05) is 49.6 Å². The Morgan fingerprint density at radius 3 is 2.70 bits per heavy atom. The molecule has 0 bridgehead atoms. The van der Waals surface area contributed by atoms with Gasteiger partial charge in [-0.25, -0.2) is 0 Å². The molecule has 1 fully saturated rings. The molecular weight excluding hydrogens is 246 g/mol. The van der Waals surface area contributed by atoms with Crippen LogP contribution in [0.25, 0.3) is 0 Å². The topological polar surface area (TPSA) is 27.3 Å². The van der Waals surface area contributed by atoms with Crippen LogP contribution < -0.4 is 10.6 Å². The third-order valence-corrected chi connectivity index (χ3v) is 3.19. The minimum absolute atomic E-state index is 0.333. The summed E-state index contributed by atoms with van der Waals surface area (Å²) in [4.78, 5) is 2.50. The molecule has 1 saturated heterocycles. The average Bonchev–Trinajstić information content (AvgIpc) is 2.74. The third-order valence-electron chi connectivity index (χ3n) is 3.19. The summed E-state index contributed by atoms with van der Waals surface area (Å²) in [7, 11) is 0. The van der Waals surface area contributed by atoms with Gasteiger partial charge in [0, 0.05) is 19.6 Å². The van der Waals surface area contributed by atoms with E-state index in [1.54, 1.807) is 12.2 Å². The Labute approximate surface area is 123 Å². The molecule has 0 aromatic rings. The molecule has 3 heteroatoms. The molecule has 110 valence electrons. The van der Waals surface area contributed by atoms with E-state index in [4.69, 9.17) is 0 Å². The lowest BCUT2D eigenvalue weighted by Gasteiger charge is -2.29. The zero-order chi connectivity index (χ0) is 14.5. The zero-order valence-corrected chi connectivity index (χ0v) is 12.3. The molecule has 2 N–H and O–H groups in total. The van der Waals surface area contributed by atoms with Crippen molar-refractivity contribution in [3.8, 4) is 0 Å². The Morgan fingerprint density at radius 2 is 1.90 bits per heavy atom. The fourth-order valence-corrected chi connectivity index (χ4v) is 2.16. The normalized spacial score (nSPS) is 19.4. The van der Waals surface area contributed by atoms with E-state index in [1.165, 1.54) is 6.42 Å². The first kappa shape index (κ1) is 16.5. The molecule has 0 amide bonds. The predicted octanol–water partition coefficient (Wildman–Crippen LogP) is 2.59. The molecule has 0 aromatic carbocycles. The quantitative estimate of drug-likeness (QED) is 0.666. The van der Waals surface area contributed by atoms with E-state index in [9.17, 15) is 0 Å². The first-order valence-electron chi connectivity index (χ1n) is 7.31. The summed E-state index contributed by atoms with van der Waals surface area (Å²) in [5.74, 6) is 0. The van der Waals surface area contributed by atoms with Crippen LogP contribution in [0.1, 0.15) is 12.8 Å². The SMILES string of the molecule is C=C/C=C\C=C/CC(N/C=C\C=C)N1CCCNCC1. The first-order chi connectivity index (χ1) is 9.88. The van der Waals surface area contributed by atoms with Gasteiger partial charge in [0.2, 0.25) is 0 Å². The van der Waals surface area contributed by atoms with E-state index in [2.05, 4.69) is 40.8 Å². The molecule has 20 heavy (non-hydrogen) atoms. The van der Waals surface area contributed by atoms with Crippen LogP contribution in [-0.4, -0.2) is 37.2 Å². The summed E-state index contributed by atoms with van der Waals surface area (Å²) >= 11 is 0. The highest BCUT2D eigenvalue weighted by atomic mass is 15.3. The van der Waals surface area contributed by atoms with Crippen molar-refractivity contribution in [3.63, 3.8) is 0 Å². The van der Waals surface area contributed by atoms with Gasteiger partial charge in [0.15, 0.2) is 0 Å². The highest BCUT2D eigenvalue weighted by Crippen LogP contribution is 2.06. The minimum Gasteiger partial charge on any atom is -0.375 e. The fourth-order valence-electron chi connectivity index (χ4n) is 2.16. The van der Waals surface area contributed by atoms with Crippen molar-refractivity contribution in [2.45, 2.75) is 19.0 Å². The Morgan fingerprint density at radius 1 is 1.05 bits per heavy atom. The van der Waals surface area contributed by atoms with Gasteiger partial charge in [0.25, 0.3) is 0 Å². The molecule has 1 aliphatic rings. The highest BCUT2D eigenvalue weighted by molar-refractivity contribution is 5.09. The largest absolute Gasteiger partial charge is 0.375 e. The fraction of sp³-hybridized carbons (Fsp3) is 0.412. The summed E-state index contributed by atoms with van der Waals surface area (Å²) in [6.07, 6.45) is 18.2. The maximum atomic E-state index is 3.70. The van der Waals surface area contributed by atoms with Crippen molar-refractivity contribution in [1.29, 1.82) is 0 Å².